The molecule has 2 rings (SSSR count). The van der Waals surface area contributed by atoms with Gasteiger partial charge < -0.3 is 5.32 Å². The van der Waals surface area contributed by atoms with E-state index < -0.39 is 0 Å². The molecule has 102 valence electrons. The lowest BCUT2D eigenvalue weighted by Crippen LogP contribution is -2.29. The molecule has 0 aliphatic carbocycles. The van der Waals surface area contributed by atoms with Crippen molar-refractivity contribution in [2.24, 2.45) is 0 Å². The van der Waals surface area contributed by atoms with E-state index in [1.807, 2.05) is 20.8 Å². The molecule has 0 aliphatic heterocycles. The van der Waals surface area contributed by atoms with Crippen LogP contribution in [0.4, 0.5) is 0 Å². The van der Waals surface area contributed by atoms with Gasteiger partial charge in [-0.15, -0.1) is 15.3 Å². The molecule has 2 N–H and O–H groups in total. The van der Waals surface area contributed by atoms with Crippen molar-refractivity contribution in [2.45, 2.75) is 39.2 Å². The van der Waals surface area contributed by atoms with Crippen molar-refractivity contribution < 1.29 is 4.79 Å². The van der Waals surface area contributed by atoms with Gasteiger partial charge in [0.15, 0.2) is 5.82 Å². The molecule has 0 saturated carbocycles. The molecule has 8 nitrogen and oxygen atoms in total. The molecule has 2 aromatic rings. The molecule has 9 heteroatoms. The number of rotatable bonds is 3. The zero-order valence-electron chi connectivity index (χ0n) is 11.1. The highest BCUT2D eigenvalue weighted by atomic mass is 32.1. The smallest absolute Gasteiger partial charge is 0.265 e. The first-order valence-corrected chi connectivity index (χ1v) is 6.54. The van der Waals surface area contributed by atoms with Crippen LogP contribution in [0, 0.1) is 0 Å². The molecule has 2 aromatic heterocycles. The third-order valence-electron chi connectivity index (χ3n) is 2.50. The van der Waals surface area contributed by atoms with Gasteiger partial charge in [-0.25, -0.2) is 0 Å². The number of tetrazole rings is 1. The summed E-state index contributed by atoms with van der Waals surface area (Å²) < 4.78 is 3.86. The van der Waals surface area contributed by atoms with Crippen molar-refractivity contribution >= 4 is 17.4 Å². The minimum absolute atomic E-state index is 0.225. The van der Waals surface area contributed by atoms with E-state index in [1.165, 1.54) is 0 Å². The van der Waals surface area contributed by atoms with Gasteiger partial charge in [0, 0.05) is 5.41 Å². The summed E-state index contributed by atoms with van der Waals surface area (Å²) in [6.45, 7) is 7.75. The van der Waals surface area contributed by atoms with Crippen LogP contribution >= 0.6 is 11.5 Å². The van der Waals surface area contributed by atoms with Crippen molar-refractivity contribution in [1.29, 1.82) is 0 Å². The Kier molecular flexibility index (Phi) is 3.56. The van der Waals surface area contributed by atoms with Gasteiger partial charge >= 0.3 is 0 Å². The van der Waals surface area contributed by atoms with Crippen LogP contribution in [0.25, 0.3) is 0 Å². The average Bonchev–Trinajstić information content (AvgIpc) is 2.99. The average molecular weight is 281 g/mol. The van der Waals surface area contributed by atoms with Crippen LogP contribution in [0.1, 0.15) is 54.9 Å². The number of carbonyl (C=O) groups is 1. The fourth-order valence-electron chi connectivity index (χ4n) is 1.51. The van der Waals surface area contributed by atoms with E-state index in [0.717, 1.165) is 11.5 Å². The fourth-order valence-corrected chi connectivity index (χ4v) is 2.29. The summed E-state index contributed by atoms with van der Waals surface area (Å²) in [7, 11) is 0. The Morgan fingerprint density at radius 2 is 2.11 bits per heavy atom. The molecule has 0 radical (unpaired) electrons. The minimum Gasteiger partial charge on any atom is -0.341 e. The van der Waals surface area contributed by atoms with Crippen LogP contribution in [0.5, 0.6) is 0 Å². The molecule has 0 saturated heterocycles. The summed E-state index contributed by atoms with van der Waals surface area (Å²) in [6, 6.07) is -0.332. The molecule has 0 aromatic carbocycles. The van der Waals surface area contributed by atoms with E-state index in [1.54, 1.807) is 6.92 Å². The lowest BCUT2D eigenvalue weighted by atomic mass is 9.91. The monoisotopic (exact) mass is 281 g/mol. The largest absolute Gasteiger partial charge is 0.341 e. The van der Waals surface area contributed by atoms with Crippen molar-refractivity contribution in [3.05, 3.63) is 16.4 Å². The normalized spacial score (nSPS) is 13.3. The second-order valence-corrected chi connectivity index (χ2v) is 5.92. The second kappa shape index (κ2) is 5.00. The number of nitrogens with zero attached hydrogens (tertiary/aromatic N) is 5. The summed E-state index contributed by atoms with van der Waals surface area (Å²) in [5.74, 6) is 0.209. The number of hydrogen-bond acceptors (Lipinski definition) is 7. The number of H-pyrrole nitrogens is 1. The first-order valence-electron chi connectivity index (χ1n) is 5.76. The van der Waals surface area contributed by atoms with E-state index in [9.17, 15) is 4.79 Å². The Hall–Kier alpha value is -1.90. The molecule has 0 aliphatic rings. The Labute approximate surface area is 114 Å². The van der Waals surface area contributed by atoms with Gasteiger partial charge in [-0.2, -0.15) is 5.21 Å². The van der Waals surface area contributed by atoms with Gasteiger partial charge in [-0.3, -0.25) is 4.79 Å². The first kappa shape index (κ1) is 13.5. The standard InChI is InChI=1S/C10H15N7OS/c1-5(8-13-15-16-14-8)11-9(18)6-7(10(2,3)4)12-17-19-6/h5H,1-4H3,(H,11,18)(H,13,14,15,16). The maximum absolute atomic E-state index is 12.2. The van der Waals surface area contributed by atoms with E-state index in [-0.39, 0.29) is 17.4 Å². The van der Waals surface area contributed by atoms with Gasteiger partial charge in [0.2, 0.25) is 0 Å². The molecule has 0 spiro atoms. The van der Waals surface area contributed by atoms with Crippen molar-refractivity contribution in [3.63, 3.8) is 0 Å². The van der Waals surface area contributed by atoms with Crippen molar-refractivity contribution in [3.8, 4) is 0 Å². The third kappa shape index (κ3) is 2.92. The lowest BCUT2D eigenvalue weighted by molar-refractivity contribution is 0.0940. The lowest BCUT2D eigenvalue weighted by Gasteiger charge is -2.17. The molecule has 1 amide bonds. The zero-order valence-corrected chi connectivity index (χ0v) is 11.9. The second-order valence-electron chi connectivity index (χ2n) is 5.17. The van der Waals surface area contributed by atoms with Crippen LogP contribution in [-0.2, 0) is 5.41 Å². The number of aromatic amines is 1. The van der Waals surface area contributed by atoms with Gasteiger partial charge in [0.1, 0.15) is 4.88 Å². The van der Waals surface area contributed by atoms with Crippen LogP contribution < -0.4 is 5.32 Å². The predicted octanol–water partition coefficient (Wildman–Crippen LogP) is 0.840. The number of carbonyl (C=O) groups excluding carboxylic acids is 1. The highest BCUT2D eigenvalue weighted by Crippen LogP contribution is 2.26. The molecule has 1 atom stereocenters. The number of aromatic nitrogens is 6. The SMILES string of the molecule is CC(NC(=O)c1snnc1C(C)(C)C)c1nn[nH]n1. The van der Waals surface area contributed by atoms with Crippen molar-refractivity contribution in [2.75, 3.05) is 0 Å². The van der Waals surface area contributed by atoms with E-state index in [0.29, 0.717) is 16.4 Å². The Morgan fingerprint density at radius 1 is 1.37 bits per heavy atom. The van der Waals surface area contributed by atoms with Crippen LogP contribution in [0.15, 0.2) is 0 Å². The molecule has 1 unspecified atom stereocenters. The molecule has 0 bridgehead atoms. The van der Waals surface area contributed by atoms with Crippen molar-refractivity contribution in [1.82, 2.24) is 35.5 Å². The summed E-state index contributed by atoms with van der Waals surface area (Å²) in [6.07, 6.45) is 0. The molecular formula is C10H15N7OS. The molecular weight excluding hydrogens is 266 g/mol. The Balaban J connectivity index is 2.15. The van der Waals surface area contributed by atoms with Crippen LogP contribution in [0.3, 0.4) is 0 Å². The summed E-state index contributed by atoms with van der Waals surface area (Å²) in [5.41, 5.74) is 0.463. The van der Waals surface area contributed by atoms with Crippen LogP contribution in [-0.4, -0.2) is 36.1 Å². The van der Waals surface area contributed by atoms with E-state index >= 15 is 0 Å². The predicted molar refractivity (Wildman–Crippen MR) is 68.7 cm³/mol. The van der Waals surface area contributed by atoms with Gasteiger partial charge in [-0.05, 0) is 18.5 Å². The van der Waals surface area contributed by atoms with E-state index in [2.05, 4.69) is 35.5 Å². The third-order valence-corrected chi connectivity index (χ3v) is 3.23. The van der Waals surface area contributed by atoms with Crippen LogP contribution in [0.2, 0.25) is 0 Å². The molecule has 2 heterocycles. The van der Waals surface area contributed by atoms with E-state index in [4.69, 9.17) is 0 Å². The fraction of sp³-hybridized carbons (Fsp3) is 0.600. The van der Waals surface area contributed by atoms with Gasteiger partial charge in [-0.1, -0.05) is 30.5 Å². The van der Waals surface area contributed by atoms with Gasteiger partial charge in [0.05, 0.1) is 11.7 Å². The Morgan fingerprint density at radius 3 is 2.68 bits per heavy atom. The maximum atomic E-state index is 12.2. The quantitative estimate of drug-likeness (QED) is 0.862. The molecule has 19 heavy (non-hydrogen) atoms. The number of hydrogen-bond donors (Lipinski definition) is 2. The minimum atomic E-state index is -0.332. The summed E-state index contributed by atoms with van der Waals surface area (Å²) >= 11 is 1.09. The molecule has 0 fully saturated rings. The number of nitrogens with one attached hydrogen (secondary N) is 2. The summed E-state index contributed by atoms with van der Waals surface area (Å²) in [4.78, 5) is 12.7. The highest BCUT2D eigenvalue weighted by Gasteiger charge is 2.27. The first-order chi connectivity index (χ1) is 8.89. The summed E-state index contributed by atoms with van der Waals surface area (Å²) in [5, 5.41) is 20.3. The topological polar surface area (TPSA) is 109 Å². The van der Waals surface area contributed by atoms with Gasteiger partial charge in [0.25, 0.3) is 5.91 Å². The maximum Gasteiger partial charge on any atom is 0.265 e. The number of amides is 1. The highest BCUT2D eigenvalue weighted by molar-refractivity contribution is 7.08. The zero-order chi connectivity index (χ0) is 14.0. The Bertz CT molecular complexity index is 557.